The molecular formula is C14H25N5O. The summed E-state index contributed by atoms with van der Waals surface area (Å²) in [6.45, 7) is 5.09. The van der Waals surface area contributed by atoms with Gasteiger partial charge in [0.05, 0.1) is 12.1 Å². The van der Waals surface area contributed by atoms with Crippen molar-refractivity contribution in [1.82, 2.24) is 20.0 Å². The summed E-state index contributed by atoms with van der Waals surface area (Å²) in [6, 6.07) is 0.300. The first-order valence-electron chi connectivity index (χ1n) is 7.32. The van der Waals surface area contributed by atoms with E-state index in [2.05, 4.69) is 22.2 Å². The van der Waals surface area contributed by atoms with Crippen LogP contribution in [0.3, 0.4) is 0 Å². The second kappa shape index (κ2) is 6.85. The van der Waals surface area contributed by atoms with Crippen LogP contribution in [0.4, 0.5) is 0 Å². The van der Waals surface area contributed by atoms with Crippen LogP contribution in [0.15, 0.2) is 12.4 Å². The van der Waals surface area contributed by atoms with Gasteiger partial charge < -0.3 is 11.1 Å². The summed E-state index contributed by atoms with van der Waals surface area (Å²) in [4.78, 5) is 14.4. The highest BCUT2D eigenvalue weighted by Gasteiger charge is 2.28. The van der Waals surface area contributed by atoms with Crippen LogP contribution in [-0.2, 0) is 11.8 Å². The summed E-state index contributed by atoms with van der Waals surface area (Å²) < 4.78 is 1.82. The van der Waals surface area contributed by atoms with E-state index in [1.165, 1.54) is 5.56 Å². The van der Waals surface area contributed by atoms with E-state index in [4.69, 9.17) is 5.73 Å². The minimum Gasteiger partial charge on any atom is -0.355 e. The second-order valence-electron chi connectivity index (χ2n) is 5.54. The Bertz CT molecular complexity index is 445. The molecule has 0 spiro atoms. The third kappa shape index (κ3) is 3.58. The fourth-order valence-corrected chi connectivity index (χ4v) is 2.78. The number of hydrogen-bond acceptors (Lipinski definition) is 4. The molecule has 2 heterocycles. The van der Waals surface area contributed by atoms with Gasteiger partial charge >= 0.3 is 0 Å². The Balaban J connectivity index is 1.94. The molecule has 3 N–H and O–H groups in total. The molecule has 0 radical (unpaired) electrons. The lowest BCUT2D eigenvalue weighted by atomic mass is 9.95. The average molecular weight is 279 g/mol. The van der Waals surface area contributed by atoms with E-state index in [1.54, 1.807) is 0 Å². The molecule has 112 valence electrons. The van der Waals surface area contributed by atoms with E-state index in [0.717, 1.165) is 25.9 Å². The van der Waals surface area contributed by atoms with Crippen molar-refractivity contribution < 1.29 is 4.79 Å². The van der Waals surface area contributed by atoms with Gasteiger partial charge in [0.25, 0.3) is 0 Å². The number of carbonyl (C=O) groups is 1. The lowest BCUT2D eigenvalue weighted by Gasteiger charge is -2.35. The topological polar surface area (TPSA) is 76.2 Å². The maximum atomic E-state index is 12.1. The molecule has 1 aliphatic rings. The highest BCUT2D eigenvalue weighted by atomic mass is 16.1. The van der Waals surface area contributed by atoms with Crippen molar-refractivity contribution in [3.8, 4) is 0 Å². The molecule has 20 heavy (non-hydrogen) atoms. The van der Waals surface area contributed by atoms with Crippen LogP contribution in [0.5, 0.6) is 0 Å². The Morgan fingerprint density at radius 2 is 2.45 bits per heavy atom. The summed E-state index contributed by atoms with van der Waals surface area (Å²) in [6.07, 6.45) is 5.98. The number of rotatable bonds is 5. The van der Waals surface area contributed by atoms with Crippen molar-refractivity contribution in [1.29, 1.82) is 0 Å². The monoisotopic (exact) mass is 279 g/mol. The number of piperidine rings is 1. The van der Waals surface area contributed by atoms with Crippen LogP contribution < -0.4 is 11.1 Å². The normalized spacial score (nSPS) is 21.6. The van der Waals surface area contributed by atoms with Gasteiger partial charge in [-0.3, -0.25) is 14.4 Å². The minimum absolute atomic E-state index is 0.0782. The molecule has 0 aliphatic carbocycles. The molecule has 2 unspecified atom stereocenters. The number of amides is 1. The largest absolute Gasteiger partial charge is 0.355 e. The van der Waals surface area contributed by atoms with Gasteiger partial charge in [-0.15, -0.1) is 0 Å². The van der Waals surface area contributed by atoms with Gasteiger partial charge in [0.1, 0.15) is 0 Å². The number of aromatic nitrogens is 2. The molecular weight excluding hydrogens is 254 g/mol. The summed E-state index contributed by atoms with van der Waals surface area (Å²) in [5.41, 5.74) is 6.63. The highest BCUT2D eigenvalue weighted by molar-refractivity contribution is 5.78. The third-order valence-corrected chi connectivity index (χ3v) is 4.02. The first-order valence-corrected chi connectivity index (χ1v) is 7.32. The standard InChI is InChI=1S/C14H25N5O/c1-11(13-8-17-18(2)9-13)19-7-3-4-12(10-19)14(20)16-6-5-15/h8-9,11-12H,3-7,10,15H2,1-2H3,(H,16,20). The highest BCUT2D eigenvalue weighted by Crippen LogP contribution is 2.26. The quantitative estimate of drug-likeness (QED) is 0.811. The summed E-state index contributed by atoms with van der Waals surface area (Å²) in [5.74, 6) is 0.216. The zero-order valence-corrected chi connectivity index (χ0v) is 12.4. The molecule has 0 aromatic carbocycles. The predicted octanol–water partition coefficient (Wildman–Crippen LogP) is 0.268. The number of likely N-dealkylation sites (tertiary alicyclic amines) is 1. The van der Waals surface area contributed by atoms with Crippen molar-refractivity contribution in [2.75, 3.05) is 26.2 Å². The molecule has 0 bridgehead atoms. The van der Waals surface area contributed by atoms with E-state index < -0.39 is 0 Å². The van der Waals surface area contributed by atoms with Gasteiger partial charge in [-0.1, -0.05) is 0 Å². The Morgan fingerprint density at radius 3 is 3.10 bits per heavy atom. The molecule has 1 aliphatic heterocycles. The number of hydrogen-bond donors (Lipinski definition) is 2. The molecule has 1 saturated heterocycles. The Hall–Kier alpha value is -1.40. The zero-order chi connectivity index (χ0) is 14.5. The molecule has 0 saturated carbocycles. The SMILES string of the molecule is CC(c1cnn(C)c1)N1CCCC(C(=O)NCCN)C1. The number of nitrogens with zero attached hydrogens (tertiary/aromatic N) is 3. The molecule has 6 heteroatoms. The van der Waals surface area contributed by atoms with Crippen LogP contribution in [0.25, 0.3) is 0 Å². The molecule has 2 rings (SSSR count). The lowest BCUT2D eigenvalue weighted by Crippen LogP contribution is -2.44. The summed E-state index contributed by atoms with van der Waals surface area (Å²) >= 11 is 0. The third-order valence-electron chi connectivity index (χ3n) is 4.02. The zero-order valence-electron chi connectivity index (χ0n) is 12.4. The van der Waals surface area contributed by atoms with Crippen LogP contribution in [-0.4, -0.2) is 46.8 Å². The van der Waals surface area contributed by atoms with Gasteiger partial charge in [0.2, 0.25) is 5.91 Å². The maximum absolute atomic E-state index is 12.1. The summed E-state index contributed by atoms with van der Waals surface area (Å²) in [5, 5.41) is 7.12. The first-order chi connectivity index (χ1) is 9.61. The maximum Gasteiger partial charge on any atom is 0.224 e. The second-order valence-corrected chi connectivity index (χ2v) is 5.54. The smallest absolute Gasteiger partial charge is 0.224 e. The molecule has 6 nitrogen and oxygen atoms in total. The number of nitrogens with two attached hydrogens (primary N) is 1. The minimum atomic E-state index is 0.0782. The van der Waals surface area contributed by atoms with Gasteiger partial charge in [-0.05, 0) is 26.3 Å². The Morgan fingerprint density at radius 1 is 1.65 bits per heavy atom. The van der Waals surface area contributed by atoms with Crippen molar-refractivity contribution in [2.45, 2.75) is 25.8 Å². The van der Waals surface area contributed by atoms with E-state index >= 15 is 0 Å². The molecule has 1 fully saturated rings. The van der Waals surface area contributed by atoms with Crippen molar-refractivity contribution >= 4 is 5.91 Å². The first kappa shape index (κ1) is 15.0. The van der Waals surface area contributed by atoms with E-state index in [0.29, 0.717) is 19.1 Å². The molecule has 1 aromatic rings. The van der Waals surface area contributed by atoms with E-state index in [-0.39, 0.29) is 11.8 Å². The van der Waals surface area contributed by atoms with Crippen LogP contribution >= 0.6 is 0 Å². The predicted molar refractivity (Wildman–Crippen MR) is 78.0 cm³/mol. The van der Waals surface area contributed by atoms with Crippen LogP contribution in [0.2, 0.25) is 0 Å². The van der Waals surface area contributed by atoms with E-state index in [9.17, 15) is 4.79 Å². The van der Waals surface area contributed by atoms with E-state index in [1.807, 2.05) is 24.1 Å². The molecule has 2 atom stereocenters. The fourth-order valence-electron chi connectivity index (χ4n) is 2.78. The Kier molecular flexibility index (Phi) is 5.14. The average Bonchev–Trinajstić information content (AvgIpc) is 2.90. The van der Waals surface area contributed by atoms with Gasteiger partial charge in [-0.2, -0.15) is 5.10 Å². The van der Waals surface area contributed by atoms with Crippen LogP contribution in [0, 0.1) is 5.92 Å². The fraction of sp³-hybridized carbons (Fsp3) is 0.714. The van der Waals surface area contributed by atoms with Gasteiger partial charge in [0.15, 0.2) is 0 Å². The lowest BCUT2D eigenvalue weighted by molar-refractivity contribution is -0.126. The Labute approximate surface area is 120 Å². The van der Waals surface area contributed by atoms with Crippen molar-refractivity contribution in [2.24, 2.45) is 18.7 Å². The van der Waals surface area contributed by atoms with Gasteiger partial charge in [0, 0.05) is 44.5 Å². The molecule has 1 amide bonds. The van der Waals surface area contributed by atoms with Crippen molar-refractivity contribution in [3.63, 3.8) is 0 Å². The number of nitrogens with one attached hydrogen (secondary N) is 1. The van der Waals surface area contributed by atoms with Crippen molar-refractivity contribution in [3.05, 3.63) is 18.0 Å². The number of aryl methyl sites for hydroxylation is 1. The number of carbonyl (C=O) groups excluding carboxylic acids is 1. The van der Waals surface area contributed by atoms with Crippen LogP contribution in [0.1, 0.15) is 31.4 Å². The molecule has 1 aromatic heterocycles. The van der Waals surface area contributed by atoms with Gasteiger partial charge in [-0.25, -0.2) is 0 Å². The summed E-state index contributed by atoms with van der Waals surface area (Å²) in [7, 11) is 1.93.